The van der Waals surface area contributed by atoms with E-state index in [1.54, 1.807) is 6.07 Å². The summed E-state index contributed by atoms with van der Waals surface area (Å²) < 4.78 is 32.9. The molecule has 8 nitrogen and oxygen atoms in total. The van der Waals surface area contributed by atoms with Gasteiger partial charge in [0.2, 0.25) is 10.0 Å². The Morgan fingerprint density at radius 1 is 1.22 bits per heavy atom. The van der Waals surface area contributed by atoms with Gasteiger partial charge < -0.3 is 24.9 Å². The first-order chi connectivity index (χ1) is 12.6. The highest BCUT2D eigenvalue weighted by molar-refractivity contribution is 7.89. The van der Waals surface area contributed by atoms with Gasteiger partial charge in [-0.25, -0.2) is 8.42 Å². The first-order valence-electron chi connectivity index (χ1n) is 8.68. The maximum Gasteiger partial charge on any atom is 0.245 e. The second kappa shape index (κ2) is 10.1. The molecule has 1 rings (SSSR count). The van der Waals surface area contributed by atoms with Gasteiger partial charge in [-0.05, 0) is 30.0 Å². The van der Waals surface area contributed by atoms with Crippen molar-refractivity contribution in [3.8, 4) is 5.75 Å². The van der Waals surface area contributed by atoms with E-state index in [-0.39, 0.29) is 16.9 Å². The van der Waals surface area contributed by atoms with E-state index in [2.05, 4.69) is 4.72 Å². The largest absolute Gasteiger partial charge is 0.495 e. The molecule has 0 radical (unpaired) electrons. The smallest absolute Gasteiger partial charge is 0.245 e. The molecule has 0 saturated heterocycles. The average molecular weight is 403 g/mol. The van der Waals surface area contributed by atoms with Crippen molar-refractivity contribution in [2.45, 2.75) is 50.3 Å². The zero-order valence-electron chi connectivity index (χ0n) is 16.0. The van der Waals surface area contributed by atoms with Crippen molar-refractivity contribution in [3.63, 3.8) is 0 Å². The SMILES string of the molecule is COc1ccc(CC(C)C)cc1S(=O)(=O)N[C@H](C=O)[C@@H](O)[C@H](C)[C@H](O)CO. The Morgan fingerprint density at radius 2 is 1.85 bits per heavy atom. The molecule has 154 valence electrons. The summed E-state index contributed by atoms with van der Waals surface area (Å²) in [5.74, 6) is -0.507. The van der Waals surface area contributed by atoms with Gasteiger partial charge >= 0.3 is 0 Å². The number of rotatable bonds is 11. The quantitative estimate of drug-likeness (QED) is 0.385. The van der Waals surface area contributed by atoms with Crippen LogP contribution in [-0.4, -0.2) is 62.0 Å². The van der Waals surface area contributed by atoms with E-state index in [0.29, 0.717) is 12.3 Å². The van der Waals surface area contributed by atoms with Crippen LogP contribution in [0.1, 0.15) is 26.3 Å². The van der Waals surface area contributed by atoms with Gasteiger partial charge in [0.05, 0.1) is 25.9 Å². The minimum absolute atomic E-state index is 0.109. The molecule has 0 aliphatic carbocycles. The number of carbonyl (C=O) groups excluding carboxylic acids is 1. The number of benzene rings is 1. The minimum Gasteiger partial charge on any atom is -0.495 e. The van der Waals surface area contributed by atoms with Crippen LogP contribution in [0.15, 0.2) is 23.1 Å². The number of hydrogen-bond donors (Lipinski definition) is 4. The van der Waals surface area contributed by atoms with Gasteiger partial charge in [-0.15, -0.1) is 0 Å². The van der Waals surface area contributed by atoms with E-state index in [1.165, 1.54) is 26.2 Å². The third-order valence-corrected chi connectivity index (χ3v) is 5.78. The predicted molar refractivity (Wildman–Crippen MR) is 100.0 cm³/mol. The summed E-state index contributed by atoms with van der Waals surface area (Å²) in [6.45, 7) is 4.79. The molecule has 0 aromatic heterocycles. The van der Waals surface area contributed by atoms with Gasteiger partial charge in [0.1, 0.15) is 23.0 Å². The maximum absolute atomic E-state index is 12.8. The average Bonchev–Trinajstić information content (AvgIpc) is 2.63. The van der Waals surface area contributed by atoms with Crippen LogP contribution in [0.25, 0.3) is 0 Å². The van der Waals surface area contributed by atoms with Crippen LogP contribution in [0.5, 0.6) is 5.75 Å². The van der Waals surface area contributed by atoms with E-state index in [4.69, 9.17) is 9.84 Å². The third kappa shape index (κ3) is 6.25. The lowest BCUT2D eigenvalue weighted by atomic mass is 9.94. The van der Waals surface area contributed by atoms with E-state index in [9.17, 15) is 23.4 Å². The highest BCUT2D eigenvalue weighted by atomic mass is 32.2. The normalized spacial score (nSPS) is 16.6. The van der Waals surface area contributed by atoms with E-state index < -0.39 is 40.8 Å². The van der Waals surface area contributed by atoms with Gasteiger partial charge in [0.25, 0.3) is 0 Å². The molecular weight excluding hydrogens is 374 g/mol. The standard InChI is InChI=1S/C18H29NO7S/c1-11(2)7-13-5-6-16(26-4)17(8-13)27(24,25)19-14(9-20)18(23)12(3)15(22)10-21/h5-6,8-9,11-12,14-15,18-19,21-23H,7,10H2,1-4H3/t12-,14-,15-,18+/m1/s1. The van der Waals surface area contributed by atoms with Crippen molar-refractivity contribution in [3.05, 3.63) is 23.8 Å². The lowest BCUT2D eigenvalue weighted by Crippen LogP contribution is -2.49. The van der Waals surface area contributed by atoms with Gasteiger partial charge in [-0.1, -0.05) is 26.8 Å². The summed E-state index contributed by atoms with van der Waals surface area (Å²) in [6, 6.07) is 3.28. The summed E-state index contributed by atoms with van der Waals surface area (Å²) in [6.07, 6.45) is -1.90. The molecule has 9 heteroatoms. The molecule has 1 aromatic carbocycles. The molecular formula is C18H29NO7S. The molecule has 0 amide bonds. The van der Waals surface area contributed by atoms with Crippen molar-refractivity contribution in [1.82, 2.24) is 4.72 Å². The Labute approximate surface area is 160 Å². The number of aliphatic hydroxyl groups excluding tert-OH is 3. The van der Waals surface area contributed by atoms with Crippen LogP contribution in [-0.2, 0) is 21.2 Å². The van der Waals surface area contributed by atoms with Crippen molar-refractivity contribution in [2.75, 3.05) is 13.7 Å². The Kier molecular flexibility index (Phi) is 8.83. The lowest BCUT2D eigenvalue weighted by molar-refractivity contribution is -0.113. The topological polar surface area (TPSA) is 133 Å². The summed E-state index contributed by atoms with van der Waals surface area (Å²) in [7, 11) is -2.86. The number of aldehydes is 1. The fourth-order valence-electron chi connectivity index (χ4n) is 2.67. The fraction of sp³-hybridized carbons (Fsp3) is 0.611. The molecule has 4 N–H and O–H groups in total. The Balaban J connectivity index is 3.19. The minimum atomic E-state index is -4.19. The van der Waals surface area contributed by atoms with Crippen LogP contribution in [0, 0.1) is 11.8 Å². The lowest BCUT2D eigenvalue weighted by Gasteiger charge is -2.27. The molecule has 4 atom stereocenters. The molecule has 0 spiro atoms. The van der Waals surface area contributed by atoms with Gasteiger partial charge in [-0.3, -0.25) is 0 Å². The number of aliphatic hydroxyl groups is 3. The van der Waals surface area contributed by atoms with Crippen LogP contribution in [0.4, 0.5) is 0 Å². The summed E-state index contributed by atoms with van der Waals surface area (Å²) in [5.41, 5.74) is 0.790. The maximum atomic E-state index is 12.8. The van der Waals surface area contributed by atoms with Gasteiger partial charge in [0.15, 0.2) is 0 Å². The predicted octanol–water partition coefficient (Wildman–Crippen LogP) is 0.0897. The summed E-state index contributed by atoms with van der Waals surface area (Å²) >= 11 is 0. The molecule has 27 heavy (non-hydrogen) atoms. The molecule has 0 heterocycles. The number of nitrogens with one attached hydrogen (secondary N) is 1. The highest BCUT2D eigenvalue weighted by Gasteiger charge is 2.33. The molecule has 0 aliphatic heterocycles. The monoisotopic (exact) mass is 403 g/mol. The zero-order valence-corrected chi connectivity index (χ0v) is 16.8. The van der Waals surface area contributed by atoms with Gasteiger partial charge in [-0.2, -0.15) is 4.72 Å². The first kappa shape index (κ1) is 23.5. The first-order valence-corrected chi connectivity index (χ1v) is 10.2. The third-order valence-electron chi connectivity index (χ3n) is 4.30. The van der Waals surface area contributed by atoms with Crippen molar-refractivity contribution in [1.29, 1.82) is 0 Å². The number of hydrogen-bond acceptors (Lipinski definition) is 7. The van der Waals surface area contributed by atoms with Crippen molar-refractivity contribution < 1.29 is 33.3 Å². The number of carbonyl (C=O) groups is 1. The number of sulfonamides is 1. The molecule has 0 aliphatic rings. The van der Waals surface area contributed by atoms with Crippen molar-refractivity contribution >= 4 is 16.3 Å². The van der Waals surface area contributed by atoms with Crippen LogP contribution >= 0.6 is 0 Å². The Morgan fingerprint density at radius 3 is 2.33 bits per heavy atom. The second-order valence-corrected chi connectivity index (χ2v) is 8.65. The second-order valence-electron chi connectivity index (χ2n) is 6.97. The molecule has 0 saturated carbocycles. The van der Waals surface area contributed by atoms with Gasteiger partial charge in [0, 0.05) is 5.92 Å². The fourth-order valence-corrected chi connectivity index (χ4v) is 4.07. The van der Waals surface area contributed by atoms with E-state index >= 15 is 0 Å². The van der Waals surface area contributed by atoms with Crippen LogP contribution in [0.3, 0.4) is 0 Å². The zero-order chi connectivity index (χ0) is 20.8. The van der Waals surface area contributed by atoms with Crippen molar-refractivity contribution in [2.24, 2.45) is 11.8 Å². The Bertz CT molecular complexity index is 720. The number of methoxy groups -OCH3 is 1. The Hall–Kier alpha value is -1.52. The molecule has 0 bridgehead atoms. The van der Waals surface area contributed by atoms with Crippen LogP contribution < -0.4 is 9.46 Å². The van der Waals surface area contributed by atoms with E-state index in [1.807, 2.05) is 13.8 Å². The van der Waals surface area contributed by atoms with Crippen LogP contribution in [0.2, 0.25) is 0 Å². The highest BCUT2D eigenvalue weighted by Crippen LogP contribution is 2.26. The van der Waals surface area contributed by atoms with E-state index in [0.717, 1.165) is 5.56 Å². The summed E-state index contributed by atoms with van der Waals surface area (Å²) in [4.78, 5) is 11.2. The number of ether oxygens (including phenoxy) is 1. The molecule has 0 fully saturated rings. The molecule has 1 aromatic rings. The molecule has 0 unspecified atom stereocenters. The summed E-state index contributed by atoms with van der Waals surface area (Å²) in [5, 5.41) is 28.8.